The number of anilines is 1. The molecule has 25 heavy (non-hydrogen) atoms. The molecular formula is C13H13ClN6O4S. The minimum Gasteiger partial charge on any atom is -0.494 e. The number of rotatable bonds is 5. The van der Waals surface area contributed by atoms with E-state index in [9.17, 15) is 8.42 Å². The van der Waals surface area contributed by atoms with Gasteiger partial charge in [0.1, 0.15) is 11.4 Å². The van der Waals surface area contributed by atoms with Gasteiger partial charge in [0.25, 0.3) is 15.2 Å². The van der Waals surface area contributed by atoms with Gasteiger partial charge in [-0.05, 0) is 6.92 Å². The summed E-state index contributed by atoms with van der Waals surface area (Å²) in [4.78, 5) is 12.0. The number of sulfonamides is 1. The molecule has 0 amide bonds. The maximum absolute atomic E-state index is 12.6. The van der Waals surface area contributed by atoms with Crippen LogP contribution in [0.3, 0.4) is 0 Å². The van der Waals surface area contributed by atoms with Gasteiger partial charge < -0.3 is 9.47 Å². The molecule has 0 aromatic carbocycles. The highest BCUT2D eigenvalue weighted by Crippen LogP contribution is 2.31. The second-order valence-electron chi connectivity index (χ2n) is 4.83. The summed E-state index contributed by atoms with van der Waals surface area (Å²) in [5.74, 6) is 0.211. The molecule has 3 rings (SSSR count). The van der Waals surface area contributed by atoms with E-state index in [2.05, 4.69) is 24.8 Å². The monoisotopic (exact) mass is 384 g/mol. The number of nitrogens with zero attached hydrogens (tertiary/aromatic N) is 5. The highest BCUT2D eigenvalue weighted by molar-refractivity contribution is 7.92. The average molecular weight is 385 g/mol. The van der Waals surface area contributed by atoms with Gasteiger partial charge in [-0.3, -0.25) is 4.72 Å². The number of pyridine rings is 1. The smallest absolute Gasteiger partial charge is 0.319 e. The lowest BCUT2D eigenvalue weighted by molar-refractivity contribution is 0.365. The zero-order valence-electron chi connectivity index (χ0n) is 13.4. The molecule has 3 aromatic heterocycles. The number of halogens is 1. The summed E-state index contributed by atoms with van der Waals surface area (Å²) in [7, 11) is -1.37. The van der Waals surface area contributed by atoms with Gasteiger partial charge in [0.15, 0.2) is 10.8 Å². The average Bonchev–Trinajstić information content (AvgIpc) is 3.00. The van der Waals surface area contributed by atoms with E-state index < -0.39 is 15.2 Å². The van der Waals surface area contributed by atoms with Crippen molar-refractivity contribution in [2.24, 2.45) is 0 Å². The lowest BCUT2D eigenvalue weighted by Gasteiger charge is -2.10. The van der Waals surface area contributed by atoms with E-state index in [0.717, 1.165) is 0 Å². The summed E-state index contributed by atoms with van der Waals surface area (Å²) in [6.07, 6.45) is 1.39. The minimum absolute atomic E-state index is 0.00760. The Bertz CT molecular complexity index is 1050. The zero-order valence-corrected chi connectivity index (χ0v) is 15.0. The number of hydrogen-bond acceptors (Lipinski definition) is 8. The molecule has 1 N–H and O–H groups in total. The Hall–Kier alpha value is -2.66. The van der Waals surface area contributed by atoms with Crippen LogP contribution in [0.4, 0.5) is 5.69 Å². The Morgan fingerprint density at radius 2 is 2.00 bits per heavy atom. The zero-order chi connectivity index (χ0) is 18.2. The molecule has 0 spiro atoms. The second kappa shape index (κ2) is 6.33. The lowest BCUT2D eigenvalue weighted by Crippen LogP contribution is -2.16. The first-order valence-electron chi connectivity index (χ1n) is 6.85. The third-order valence-corrected chi connectivity index (χ3v) is 4.56. The van der Waals surface area contributed by atoms with Gasteiger partial charge in [-0.25, -0.2) is 9.97 Å². The summed E-state index contributed by atoms with van der Waals surface area (Å²) in [5.41, 5.74) is 0.867. The fraction of sp³-hybridized carbons (Fsp3) is 0.231. The van der Waals surface area contributed by atoms with Gasteiger partial charge >= 0.3 is 6.01 Å². The molecule has 0 saturated carbocycles. The van der Waals surface area contributed by atoms with Gasteiger partial charge in [0.2, 0.25) is 0 Å². The van der Waals surface area contributed by atoms with Crippen molar-refractivity contribution in [3.63, 3.8) is 0 Å². The molecule has 0 atom stereocenters. The van der Waals surface area contributed by atoms with Crippen molar-refractivity contribution in [3.05, 3.63) is 29.2 Å². The third kappa shape index (κ3) is 3.15. The van der Waals surface area contributed by atoms with E-state index in [0.29, 0.717) is 5.69 Å². The van der Waals surface area contributed by atoms with E-state index >= 15 is 0 Å². The molecule has 3 heterocycles. The second-order valence-corrected chi connectivity index (χ2v) is 6.77. The summed E-state index contributed by atoms with van der Waals surface area (Å²) in [6, 6.07) is 3.16. The van der Waals surface area contributed by atoms with Crippen LogP contribution in [0.25, 0.3) is 5.65 Å². The Morgan fingerprint density at radius 3 is 2.68 bits per heavy atom. The van der Waals surface area contributed by atoms with E-state index in [-0.39, 0.29) is 28.2 Å². The predicted octanol–water partition coefficient (Wildman–Crippen LogP) is 1.30. The molecule has 0 radical (unpaired) electrons. The fourth-order valence-corrected chi connectivity index (χ4v) is 3.28. The number of aromatic nitrogens is 5. The van der Waals surface area contributed by atoms with Gasteiger partial charge in [0.05, 0.1) is 14.2 Å². The first-order chi connectivity index (χ1) is 11.9. The molecular weight excluding hydrogens is 372 g/mol. The van der Waals surface area contributed by atoms with Gasteiger partial charge in [-0.1, -0.05) is 11.6 Å². The predicted molar refractivity (Wildman–Crippen MR) is 88.7 cm³/mol. The van der Waals surface area contributed by atoms with Gasteiger partial charge in [-0.15, -0.1) is 5.10 Å². The maximum atomic E-state index is 12.6. The first kappa shape index (κ1) is 17.2. The van der Waals surface area contributed by atoms with Crippen molar-refractivity contribution in [2.45, 2.75) is 12.1 Å². The highest BCUT2D eigenvalue weighted by atomic mass is 35.5. The number of methoxy groups -OCH3 is 2. The highest BCUT2D eigenvalue weighted by Gasteiger charge is 2.25. The van der Waals surface area contributed by atoms with Crippen LogP contribution < -0.4 is 14.2 Å². The van der Waals surface area contributed by atoms with Crippen molar-refractivity contribution in [2.75, 3.05) is 18.9 Å². The first-order valence-corrected chi connectivity index (χ1v) is 8.71. The van der Waals surface area contributed by atoms with E-state index in [1.807, 2.05) is 0 Å². The molecule has 0 unspecified atom stereocenters. The number of nitrogens with one attached hydrogen (secondary N) is 1. The van der Waals surface area contributed by atoms with Crippen molar-refractivity contribution in [3.8, 4) is 11.8 Å². The van der Waals surface area contributed by atoms with Crippen molar-refractivity contribution < 1.29 is 17.9 Å². The molecule has 0 aliphatic heterocycles. The van der Waals surface area contributed by atoms with Crippen molar-refractivity contribution >= 4 is 33.0 Å². The number of fused-ring (bicyclic) bond motifs is 1. The quantitative estimate of drug-likeness (QED) is 0.653. The van der Waals surface area contributed by atoms with Crippen LogP contribution >= 0.6 is 11.6 Å². The largest absolute Gasteiger partial charge is 0.494 e. The van der Waals surface area contributed by atoms with E-state index in [1.54, 1.807) is 13.0 Å². The lowest BCUT2D eigenvalue weighted by atomic mass is 10.4. The molecule has 0 aliphatic carbocycles. The van der Waals surface area contributed by atoms with Crippen LogP contribution in [0.2, 0.25) is 5.15 Å². The molecule has 12 heteroatoms. The van der Waals surface area contributed by atoms with E-state index in [1.165, 1.54) is 31.0 Å². The van der Waals surface area contributed by atoms with Gasteiger partial charge in [-0.2, -0.15) is 17.9 Å². The Labute approximate surface area is 147 Å². The number of hydrogen-bond donors (Lipinski definition) is 1. The van der Waals surface area contributed by atoms with Crippen LogP contribution in [-0.2, 0) is 10.0 Å². The topological polar surface area (TPSA) is 121 Å². The summed E-state index contributed by atoms with van der Waals surface area (Å²) in [5, 5.41) is 3.40. The molecule has 0 aliphatic rings. The van der Waals surface area contributed by atoms with E-state index in [4.69, 9.17) is 21.1 Å². The van der Waals surface area contributed by atoms with Crippen molar-refractivity contribution in [1.82, 2.24) is 24.6 Å². The molecule has 3 aromatic rings. The number of ether oxygens (including phenoxy) is 2. The van der Waals surface area contributed by atoms with Crippen molar-refractivity contribution in [1.29, 1.82) is 0 Å². The molecule has 0 fully saturated rings. The molecule has 0 bridgehead atoms. The summed E-state index contributed by atoms with van der Waals surface area (Å²) < 4.78 is 38.9. The Kier molecular flexibility index (Phi) is 4.35. The molecule has 10 nitrogen and oxygen atoms in total. The maximum Gasteiger partial charge on any atom is 0.319 e. The number of aryl methyl sites for hydroxylation is 1. The van der Waals surface area contributed by atoms with Crippen LogP contribution in [0.15, 0.2) is 23.5 Å². The SMILES string of the molecule is COc1ccnc(Cl)c1NS(=O)(=O)c1nc2cc(C)nc(OC)n2n1. The Morgan fingerprint density at radius 1 is 1.24 bits per heavy atom. The molecule has 132 valence electrons. The minimum atomic E-state index is -4.15. The van der Waals surface area contributed by atoms with Crippen LogP contribution in [0.1, 0.15) is 5.69 Å². The van der Waals surface area contributed by atoms with Crippen LogP contribution in [0.5, 0.6) is 11.8 Å². The normalized spacial score (nSPS) is 11.5. The summed E-state index contributed by atoms with van der Waals surface area (Å²) >= 11 is 5.95. The Balaban J connectivity index is 2.08. The standard InChI is InChI=1S/C13H13ClN6O4S/c1-7-6-9-17-12(18-20(9)13(16-7)24-3)25(21,22)19-10-8(23-2)4-5-15-11(10)14/h4-6,19H,1-3H3. The van der Waals surface area contributed by atoms with Crippen LogP contribution in [-0.4, -0.2) is 47.2 Å². The van der Waals surface area contributed by atoms with Crippen LogP contribution in [0, 0.1) is 6.92 Å². The fourth-order valence-electron chi connectivity index (χ4n) is 2.06. The summed E-state index contributed by atoms with van der Waals surface area (Å²) in [6.45, 7) is 1.73. The van der Waals surface area contributed by atoms with Gasteiger partial charge in [0, 0.05) is 24.0 Å². The third-order valence-electron chi connectivity index (χ3n) is 3.15. The molecule has 0 saturated heterocycles.